The monoisotopic (exact) mass is 522 g/mol. The van der Waals surface area contributed by atoms with Crippen molar-refractivity contribution in [3.63, 3.8) is 0 Å². The van der Waals surface area contributed by atoms with E-state index in [1.54, 1.807) is 4.90 Å². The molecule has 37 heavy (non-hydrogen) atoms. The molecular weight excluding hydrogens is 476 g/mol. The second kappa shape index (κ2) is 10.0. The Morgan fingerprint density at radius 2 is 1.05 bits per heavy atom. The molecule has 0 N–H and O–H groups in total. The number of rotatable bonds is 0. The zero-order valence-electron chi connectivity index (χ0n) is 23.7. The molecule has 5 aliphatic rings. The number of ketones is 1. The van der Waals surface area contributed by atoms with Crippen LogP contribution in [0.15, 0.2) is 0 Å². The topological polar surface area (TPSA) is 94.6 Å². The first kappa shape index (κ1) is 28.1. The lowest BCUT2D eigenvalue weighted by molar-refractivity contribution is -0.203. The fourth-order valence-corrected chi connectivity index (χ4v) is 6.08. The molecule has 5 rings (SSSR count). The van der Waals surface area contributed by atoms with E-state index in [2.05, 4.69) is 0 Å². The standard InChI is InChI=1S/C15H25NO4.C13H21NO3/c1-13(2,3)20-12(17)16-10-14(11-16)4-6-15(7-5-14)18-8-9-19-15;1-12(2,3)17-11(16)14-8-13(9-14)6-4-10(15)5-7-13/h4-11H2,1-3H3;4-9H2,1-3H3. The van der Waals surface area contributed by atoms with E-state index >= 15 is 0 Å². The highest BCUT2D eigenvalue weighted by molar-refractivity contribution is 5.79. The van der Waals surface area contributed by atoms with Gasteiger partial charge in [0.05, 0.1) is 13.2 Å². The van der Waals surface area contributed by atoms with E-state index < -0.39 is 11.2 Å². The van der Waals surface area contributed by atoms with Gasteiger partial charge in [-0.3, -0.25) is 4.79 Å². The Bertz CT molecular complexity index is 846. The average molecular weight is 523 g/mol. The zero-order valence-corrected chi connectivity index (χ0v) is 23.7. The van der Waals surface area contributed by atoms with Gasteiger partial charge in [-0.15, -0.1) is 0 Å². The van der Waals surface area contributed by atoms with Crippen LogP contribution in [0.2, 0.25) is 0 Å². The summed E-state index contributed by atoms with van der Waals surface area (Å²) in [7, 11) is 0. The summed E-state index contributed by atoms with van der Waals surface area (Å²) in [6, 6.07) is 0. The molecule has 0 aromatic carbocycles. The van der Waals surface area contributed by atoms with E-state index in [1.807, 2.05) is 46.4 Å². The lowest BCUT2D eigenvalue weighted by Crippen LogP contribution is -2.61. The van der Waals surface area contributed by atoms with Crippen LogP contribution in [0.1, 0.15) is 92.9 Å². The molecular formula is C28H46N2O7. The van der Waals surface area contributed by atoms with Crippen molar-refractivity contribution in [1.29, 1.82) is 0 Å². The van der Waals surface area contributed by atoms with E-state index in [-0.39, 0.29) is 28.8 Å². The first-order valence-electron chi connectivity index (χ1n) is 13.9. The van der Waals surface area contributed by atoms with Gasteiger partial charge in [0.15, 0.2) is 5.79 Å². The van der Waals surface area contributed by atoms with Gasteiger partial charge in [-0.05, 0) is 67.2 Å². The molecule has 3 saturated heterocycles. The Kier molecular flexibility index (Phi) is 7.63. The zero-order chi connectivity index (χ0) is 27.1. The van der Waals surface area contributed by atoms with Gasteiger partial charge in [-0.2, -0.15) is 0 Å². The molecule has 9 heteroatoms. The van der Waals surface area contributed by atoms with Gasteiger partial charge in [0.1, 0.15) is 17.0 Å². The molecule has 3 heterocycles. The summed E-state index contributed by atoms with van der Waals surface area (Å²) in [5, 5.41) is 0. The smallest absolute Gasteiger partial charge is 0.410 e. The number of carbonyl (C=O) groups excluding carboxylic acids is 3. The van der Waals surface area contributed by atoms with E-state index in [1.165, 1.54) is 0 Å². The number of ether oxygens (including phenoxy) is 4. The van der Waals surface area contributed by atoms with Gasteiger partial charge in [-0.1, -0.05) is 0 Å². The molecule has 0 atom stereocenters. The molecule has 2 amide bonds. The third kappa shape index (κ3) is 6.96. The summed E-state index contributed by atoms with van der Waals surface area (Å²) in [5.41, 5.74) is -0.355. The average Bonchev–Trinajstić information content (AvgIpc) is 3.18. The highest BCUT2D eigenvalue weighted by Gasteiger charge is 2.53. The fourth-order valence-electron chi connectivity index (χ4n) is 6.08. The molecule has 210 valence electrons. The summed E-state index contributed by atoms with van der Waals surface area (Å²) < 4.78 is 22.2. The third-order valence-corrected chi connectivity index (χ3v) is 8.16. The molecule has 3 spiro atoms. The number of likely N-dealkylation sites (tertiary alicyclic amines) is 2. The van der Waals surface area contributed by atoms with Crippen LogP contribution in [0.25, 0.3) is 0 Å². The lowest BCUT2D eigenvalue weighted by Gasteiger charge is -2.54. The molecule has 2 aliphatic carbocycles. The Hall–Kier alpha value is -1.87. The normalized spacial score (nSPS) is 25.7. The van der Waals surface area contributed by atoms with Crippen LogP contribution in [0.3, 0.4) is 0 Å². The Balaban J connectivity index is 0.000000176. The molecule has 9 nitrogen and oxygen atoms in total. The first-order chi connectivity index (χ1) is 17.1. The summed E-state index contributed by atoms with van der Waals surface area (Å²) in [6.45, 7) is 15.9. The molecule has 0 aromatic rings. The summed E-state index contributed by atoms with van der Waals surface area (Å²) in [6.07, 6.45) is 6.89. The predicted molar refractivity (Wildman–Crippen MR) is 137 cm³/mol. The number of nitrogens with zero attached hydrogens (tertiary/aromatic N) is 2. The van der Waals surface area contributed by atoms with Gasteiger partial charge in [-0.25, -0.2) is 9.59 Å². The maximum atomic E-state index is 12.0. The molecule has 2 saturated carbocycles. The van der Waals surface area contributed by atoms with Gasteiger partial charge < -0.3 is 28.7 Å². The highest BCUT2D eigenvalue weighted by Crippen LogP contribution is 2.49. The van der Waals surface area contributed by atoms with Crippen LogP contribution in [-0.2, 0) is 23.7 Å². The van der Waals surface area contributed by atoms with Crippen LogP contribution in [0.5, 0.6) is 0 Å². The van der Waals surface area contributed by atoms with E-state index in [4.69, 9.17) is 18.9 Å². The van der Waals surface area contributed by atoms with Crippen molar-refractivity contribution in [2.75, 3.05) is 39.4 Å². The van der Waals surface area contributed by atoms with Crippen LogP contribution in [0, 0.1) is 10.8 Å². The number of amides is 2. The second-order valence-electron chi connectivity index (χ2n) is 13.8. The van der Waals surface area contributed by atoms with Crippen LogP contribution >= 0.6 is 0 Å². The van der Waals surface area contributed by atoms with Crippen molar-refractivity contribution in [3.8, 4) is 0 Å². The largest absolute Gasteiger partial charge is 0.444 e. The fraction of sp³-hybridized carbons (Fsp3) is 0.893. The minimum atomic E-state index is -0.428. The van der Waals surface area contributed by atoms with Crippen molar-refractivity contribution < 1.29 is 33.3 Å². The second-order valence-corrected chi connectivity index (χ2v) is 13.8. The van der Waals surface area contributed by atoms with Gasteiger partial charge >= 0.3 is 12.2 Å². The van der Waals surface area contributed by atoms with Crippen molar-refractivity contribution in [1.82, 2.24) is 9.80 Å². The quantitative estimate of drug-likeness (QED) is 0.446. The van der Waals surface area contributed by atoms with E-state index in [9.17, 15) is 14.4 Å². The SMILES string of the molecule is CC(C)(C)OC(=O)N1CC2(CCC(=O)CC2)C1.CC(C)(C)OC(=O)N1CC2(CCC3(CC2)OCCO3)C1. The minimum absolute atomic E-state index is 0.184. The number of Topliss-reactive ketones (excluding diaryl/α,β-unsaturated/α-hetero) is 1. The molecule has 0 aromatic heterocycles. The molecule has 5 fully saturated rings. The van der Waals surface area contributed by atoms with Crippen LogP contribution < -0.4 is 0 Å². The van der Waals surface area contributed by atoms with Crippen molar-refractivity contribution in [2.45, 2.75) is 110 Å². The Morgan fingerprint density at radius 3 is 1.43 bits per heavy atom. The molecule has 3 aliphatic heterocycles. The van der Waals surface area contributed by atoms with Crippen LogP contribution in [-0.4, -0.2) is 84.2 Å². The summed E-state index contributed by atoms with van der Waals surface area (Å²) in [4.78, 5) is 38.5. The Morgan fingerprint density at radius 1 is 0.676 bits per heavy atom. The summed E-state index contributed by atoms with van der Waals surface area (Å²) >= 11 is 0. The lowest BCUT2D eigenvalue weighted by atomic mass is 9.67. The van der Waals surface area contributed by atoms with Crippen molar-refractivity contribution in [3.05, 3.63) is 0 Å². The van der Waals surface area contributed by atoms with E-state index in [0.717, 1.165) is 77.9 Å². The number of hydrogen-bond acceptors (Lipinski definition) is 7. The third-order valence-electron chi connectivity index (χ3n) is 8.16. The minimum Gasteiger partial charge on any atom is -0.444 e. The van der Waals surface area contributed by atoms with Crippen molar-refractivity contribution >= 4 is 18.0 Å². The van der Waals surface area contributed by atoms with Crippen molar-refractivity contribution in [2.24, 2.45) is 10.8 Å². The van der Waals surface area contributed by atoms with Gasteiger partial charge in [0, 0.05) is 62.7 Å². The maximum Gasteiger partial charge on any atom is 0.410 e. The highest BCUT2D eigenvalue weighted by atomic mass is 16.7. The Labute approximate surface area is 221 Å². The number of carbonyl (C=O) groups is 3. The van der Waals surface area contributed by atoms with Gasteiger partial charge in [0.2, 0.25) is 0 Å². The molecule has 0 bridgehead atoms. The van der Waals surface area contributed by atoms with E-state index in [0.29, 0.717) is 18.6 Å². The predicted octanol–water partition coefficient (Wildman–Crippen LogP) is 4.91. The first-order valence-corrected chi connectivity index (χ1v) is 13.9. The molecule has 0 unspecified atom stereocenters. The van der Waals surface area contributed by atoms with Crippen LogP contribution in [0.4, 0.5) is 9.59 Å². The maximum absolute atomic E-state index is 12.0. The number of hydrogen-bond donors (Lipinski definition) is 0. The molecule has 0 radical (unpaired) electrons. The summed E-state index contributed by atoms with van der Waals surface area (Å²) in [5.74, 6) is 0.0590. The van der Waals surface area contributed by atoms with Gasteiger partial charge in [0.25, 0.3) is 0 Å².